The molecule has 144 valence electrons. The molecule has 2 aromatic rings. The second kappa shape index (κ2) is 7.98. The molecule has 6 heteroatoms. The van der Waals surface area contributed by atoms with Gasteiger partial charge in [0.15, 0.2) is 0 Å². The number of amides is 1. The summed E-state index contributed by atoms with van der Waals surface area (Å²) in [6.45, 7) is 10.1. The van der Waals surface area contributed by atoms with Crippen LogP contribution in [0.15, 0.2) is 29.6 Å². The van der Waals surface area contributed by atoms with Gasteiger partial charge in [0.2, 0.25) is 0 Å². The third kappa shape index (κ3) is 4.01. The first kappa shape index (κ1) is 18.4. The first-order valence-electron chi connectivity index (χ1n) is 9.88. The van der Waals surface area contributed by atoms with E-state index in [1.807, 2.05) is 17.2 Å². The molecule has 1 atom stereocenters. The van der Waals surface area contributed by atoms with Gasteiger partial charge >= 0.3 is 0 Å². The van der Waals surface area contributed by atoms with Crippen LogP contribution in [0.3, 0.4) is 0 Å². The molecule has 2 fully saturated rings. The maximum Gasteiger partial charge on any atom is 0.273 e. The van der Waals surface area contributed by atoms with E-state index >= 15 is 0 Å². The maximum absolute atomic E-state index is 12.8. The van der Waals surface area contributed by atoms with Crippen LogP contribution >= 0.6 is 11.3 Å². The third-order valence-corrected chi connectivity index (χ3v) is 6.58. The van der Waals surface area contributed by atoms with Gasteiger partial charge in [0.1, 0.15) is 5.69 Å². The zero-order chi connectivity index (χ0) is 18.8. The number of aromatic nitrogens is 1. The smallest absolute Gasteiger partial charge is 0.273 e. The molecular weight excluding hydrogens is 356 g/mol. The highest BCUT2D eigenvalue weighted by Crippen LogP contribution is 2.24. The zero-order valence-electron chi connectivity index (χ0n) is 16.2. The molecule has 4 rings (SSSR count). The van der Waals surface area contributed by atoms with Crippen molar-refractivity contribution in [3.05, 3.63) is 45.9 Å². The molecule has 3 heterocycles. The lowest BCUT2D eigenvalue weighted by atomic mass is 10.0. The van der Waals surface area contributed by atoms with Gasteiger partial charge in [0.05, 0.1) is 5.01 Å². The molecule has 2 saturated heterocycles. The Morgan fingerprint density at radius 2 is 1.89 bits per heavy atom. The van der Waals surface area contributed by atoms with Crippen LogP contribution in [0.4, 0.5) is 5.69 Å². The van der Waals surface area contributed by atoms with Gasteiger partial charge in [-0.3, -0.25) is 9.69 Å². The predicted octanol–water partition coefficient (Wildman–Crippen LogP) is 3.19. The molecule has 0 saturated carbocycles. The lowest BCUT2D eigenvalue weighted by Crippen LogP contribution is -2.56. The number of nitrogens with zero attached hydrogens (tertiary/aromatic N) is 4. The topological polar surface area (TPSA) is 39.7 Å². The van der Waals surface area contributed by atoms with E-state index in [1.54, 1.807) is 11.3 Å². The molecule has 1 amide bonds. The molecule has 0 spiro atoms. The number of benzene rings is 1. The molecular formula is C21H28N4OS. The van der Waals surface area contributed by atoms with Crippen molar-refractivity contribution in [1.29, 1.82) is 0 Å². The molecule has 0 aliphatic carbocycles. The molecule has 0 unspecified atom stereocenters. The highest BCUT2D eigenvalue weighted by Gasteiger charge is 2.31. The highest BCUT2D eigenvalue weighted by atomic mass is 32.1. The molecule has 2 aliphatic heterocycles. The quantitative estimate of drug-likeness (QED) is 0.815. The van der Waals surface area contributed by atoms with Crippen LogP contribution < -0.4 is 4.90 Å². The van der Waals surface area contributed by atoms with Gasteiger partial charge in [-0.25, -0.2) is 4.98 Å². The molecule has 27 heavy (non-hydrogen) atoms. The van der Waals surface area contributed by atoms with E-state index in [0.29, 0.717) is 11.7 Å². The fraction of sp³-hybridized carbons (Fsp3) is 0.524. The van der Waals surface area contributed by atoms with Gasteiger partial charge in [-0.15, -0.1) is 11.3 Å². The van der Waals surface area contributed by atoms with Crippen molar-refractivity contribution in [2.75, 3.05) is 44.2 Å². The Hall–Kier alpha value is -1.92. The van der Waals surface area contributed by atoms with Gasteiger partial charge < -0.3 is 9.80 Å². The van der Waals surface area contributed by atoms with E-state index in [-0.39, 0.29) is 5.91 Å². The van der Waals surface area contributed by atoms with Crippen LogP contribution in [-0.2, 0) is 0 Å². The summed E-state index contributed by atoms with van der Waals surface area (Å²) in [7, 11) is 0. The van der Waals surface area contributed by atoms with Crippen molar-refractivity contribution in [2.24, 2.45) is 0 Å². The second-order valence-electron chi connectivity index (χ2n) is 7.61. The summed E-state index contributed by atoms with van der Waals surface area (Å²) < 4.78 is 0. The number of anilines is 1. The largest absolute Gasteiger partial charge is 0.369 e. The minimum Gasteiger partial charge on any atom is -0.369 e. The van der Waals surface area contributed by atoms with Crippen LogP contribution in [0.5, 0.6) is 0 Å². The van der Waals surface area contributed by atoms with E-state index < -0.39 is 0 Å². The molecule has 0 bridgehead atoms. The first-order chi connectivity index (χ1) is 13.1. The number of para-hydroxylation sites is 1. The van der Waals surface area contributed by atoms with E-state index in [0.717, 1.165) is 50.7 Å². The molecule has 5 nitrogen and oxygen atoms in total. The second-order valence-corrected chi connectivity index (χ2v) is 8.67. The van der Waals surface area contributed by atoms with Crippen LogP contribution in [0.25, 0.3) is 0 Å². The average molecular weight is 385 g/mol. The van der Waals surface area contributed by atoms with Gasteiger partial charge in [-0.1, -0.05) is 18.2 Å². The van der Waals surface area contributed by atoms with Crippen LogP contribution in [0, 0.1) is 13.8 Å². The van der Waals surface area contributed by atoms with Crippen LogP contribution in [0.1, 0.15) is 33.9 Å². The predicted molar refractivity (Wildman–Crippen MR) is 111 cm³/mol. The van der Waals surface area contributed by atoms with Gasteiger partial charge in [0, 0.05) is 56.4 Å². The van der Waals surface area contributed by atoms with Gasteiger partial charge in [-0.2, -0.15) is 0 Å². The van der Waals surface area contributed by atoms with E-state index in [2.05, 4.69) is 46.0 Å². The summed E-state index contributed by atoms with van der Waals surface area (Å²) in [6, 6.07) is 9.11. The normalized spacial score (nSPS) is 21.5. The summed E-state index contributed by atoms with van der Waals surface area (Å²) >= 11 is 1.55. The molecule has 0 radical (unpaired) electrons. The van der Waals surface area contributed by atoms with E-state index in [4.69, 9.17) is 0 Å². The number of carbonyl (C=O) groups is 1. The fourth-order valence-corrected chi connectivity index (χ4v) is 4.89. The summed E-state index contributed by atoms with van der Waals surface area (Å²) in [5.41, 5.74) is 3.32. The Morgan fingerprint density at radius 1 is 1.11 bits per heavy atom. The number of carbonyl (C=O) groups excluding carboxylic acids is 1. The molecule has 1 aromatic carbocycles. The number of piperazine rings is 1. The standard InChI is InChI=1S/C21H28N4OS/c1-16-6-3-4-8-20(16)24-12-10-23(11-13-24)18-7-5-9-25(14-18)21(26)19-15-27-17(2)22-19/h3-4,6,8,15,18H,5,7,9-14H2,1-2H3/t18-/m1/s1. The average Bonchev–Trinajstić information content (AvgIpc) is 3.14. The Balaban J connectivity index is 1.36. The van der Waals surface area contributed by atoms with E-state index in [9.17, 15) is 4.79 Å². The van der Waals surface area contributed by atoms with E-state index in [1.165, 1.54) is 17.7 Å². The Bertz CT molecular complexity index is 797. The monoisotopic (exact) mass is 384 g/mol. The minimum atomic E-state index is 0.0996. The lowest BCUT2D eigenvalue weighted by molar-refractivity contribution is 0.0559. The Morgan fingerprint density at radius 3 is 2.59 bits per heavy atom. The molecule has 1 aromatic heterocycles. The number of piperidine rings is 1. The summed E-state index contributed by atoms with van der Waals surface area (Å²) in [5, 5.41) is 2.85. The van der Waals surface area contributed by atoms with Crippen molar-refractivity contribution in [3.63, 3.8) is 0 Å². The van der Waals surface area contributed by atoms with Crippen molar-refractivity contribution < 1.29 is 4.79 Å². The third-order valence-electron chi connectivity index (χ3n) is 5.81. The lowest BCUT2D eigenvalue weighted by Gasteiger charge is -2.44. The van der Waals surface area contributed by atoms with Gasteiger partial charge in [-0.05, 0) is 38.3 Å². The summed E-state index contributed by atoms with van der Waals surface area (Å²) in [6.07, 6.45) is 2.27. The minimum absolute atomic E-state index is 0.0996. The number of aryl methyl sites for hydroxylation is 2. The molecule has 0 N–H and O–H groups in total. The first-order valence-corrected chi connectivity index (χ1v) is 10.8. The number of hydrogen-bond acceptors (Lipinski definition) is 5. The number of thiazole rings is 1. The van der Waals surface area contributed by atoms with Crippen molar-refractivity contribution >= 4 is 22.9 Å². The van der Waals surface area contributed by atoms with Crippen LogP contribution in [-0.4, -0.2) is 66.0 Å². The zero-order valence-corrected chi connectivity index (χ0v) is 17.0. The summed E-state index contributed by atoms with van der Waals surface area (Å²) in [5.74, 6) is 0.0996. The number of hydrogen-bond donors (Lipinski definition) is 0. The fourth-order valence-electron chi connectivity index (χ4n) is 4.31. The maximum atomic E-state index is 12.8. The number of likely N-dealkylation sites (tertiary alicyclic amines) is 1. The SMILES string of the molecule is Cc1nc(C(=O)N2CCC[C@@H](N3CCN(c4ccccc4C)CC3)C2)cs1. The number of rotatable bonds is 3. The highest BCUT2D eigenvalue weighted by molar-refractivity contribution is 7.09. The van der Waals surface area contributed by atoms with Crippen LogP contribution in [0.2, 0.25) is 0 Å². The van der Waals surface area contributed by atoms with Crippen molar-refractivity contribution in [3.8, 4) is 0 Å². The van der Waals surface area contributed by atoms with Gasteiger partial charge in [0.25, 0.3) is 5.91 Å². The Kier molecular flexibility index (Phi) is 5.45. The van der Waals surface area contributed by atoms with Crippen molar-refractivity contribution in [2.45, 2.75) is 32.7 Å². The Labute approximate surface area is 165 Å². The summed E-state index contributed by atoms with van der Waals surface area (Å²) in [4.78, 5) is 24.2. The van der Waals surface area contributed by atoms with Crippen molar-refractivity contribution in [1.82, 2.24) is 14.8 Å². The molecule has 2 aliphatic rings.